The van der Waals surface area contributed by atoms with E-state index in [0.717, 1.165) is 18.8 Å². The zero-order valence-corrected chi connectivity index (χ0v) is 12.8. The monoisotopic (exact) mass is 279 g/mol. The number of unbranched alkanes of at least 4 members (excludes halogenated alkanes) is 9. The third-order valence-electron chi connectivity index (χ3n) is 3.52. The SMILES string of the molecule is CCCCCCCCCCCCNc1ccnc(=O)[nH]1. The molecule has 0 spiro atoms. The van der Waals surface area contributed by atoms with Gasteiger partial charge in [0.1, 0.15) is 5.82 Å². The van der Waals surface area contributed by atoms with E-state index in [1.807, 2.05) is 0 Å². The summed E-state index contributed by atoms with van der Waals surface area (Å²) < 4.78 is 0. The third-order valence-corrected chi connectivity index (χ3v) is 3.52. The van der Waals surface area contributed by atoms with Crippen molar-refractivity contribution < 1.29 is 0 Å². The average molecular weight is 279 g/mol. The smallest absolute Gasteiger partial charge is 0.346 e. The van der Waals surface area contributed by atoms with Gasteiger partial charge < -0.3 is 5.32 Å². The standard InChI is InChI=1S/C16H29N3O/c1-2-3-4-5-6-7-8-9-10-11-13-17-15-12-14-18-16(20)19-15/h12,14H,2-11,13H2,1H3,(H2,17,18,19,20). The first-order chi connectivity index (χ1) is 9.83. The lowest BCUT2D eigenvalue weighted by Gasteiger charge is -2.05. The number of hydrogen-bond donors (Lipinski definition) is 2. The highest BCUT2D eigenvalue weighted by atomic mass is 16.1. The zero-order valence-electron chi connectivity index (χ0n) is 12.8. The number of nitrogens with one attached hydrogen (secondary N) is 2. The van der Waals surface area contributed by atoms with Gasteiger partial charge in [-0.3, -0.25) is 4.98 Å². The molecule has 0 saturated heterocycles. The van der Waals surface area contributed by atoms with Gasteiger partial charge in [-0.2, -0.15) is 0 Å². The van der Waals surface area contributed by atoms with Crippen molar-refractivity contribution in [3.63, 3.8) is 0 Å². The highest BCUT2D eigenvalue weighted by molar-refractivity contribution is 5.31. The summed E-state index contributed by atoms with van der Waals surface area (Å²) >= 11 is 0. The molecule has 0 aromatic carbocycles. The molecule has 0 bridgehead atoms. The number of aromatic amines is 1. The van der Waals surface area contributed by atoms with Gasteiger partial charge in [-0.15, -0.1) is 0 Å². The molecular formula is C16H29N3O. The van der Waals surface area contributed by atoms with Gasteiger partial charge in [0.2, 0.25) is 0 Å². The molecule has 0 radical (unpaired) electrons. The fourth-order valence-corrected chi connectivity index (χ4v) is 2.31. The molecule has 1 rings (SSSR count). The molecule has 20 heavy (non-hydrogen) atoms. The molecule has 1 aromatic rings. The molecule has 0 amide bonds. The van der Waals surface area contributed by atoms with E-state index in [1.54, 1.807) is 6.07 Å². The first-order valence-corrected chi connectivity index (χ1v) is 8.12. The van der Waals surface area contributed by atoms with E-state index in [2.05, 4.69) is 22.2 Å². The van der Waals surface area contributed by atoms with Crippen LogP contribution in [0, 0.1) is 0 Å². The van der Waals surface area contributed by atoms with Crippen molar-refractivity contribution in [2.24, 2.45) is 0 Å². The van der Waals surface area contributed by atoms with Crippen LogP contribution in [0.1, 0.15) is 71.1 Å². The molecule has 4 nitrogen and oxygen atoms in total. The lowest BCUT2D eigenvalue weighted by molar-refractivity contribution is 0.560. The average Bonchev–Trinajstić information content (AvgIpc) is 2.45. The number of hydrogen-bond acceptors (Lipinski definition) is 3. The van der Waals surface area contributed by atoms with E-state index >= 15 is 0 Å². The van der Waals surface area contributed by atoms with Crippen molar-refractivity contribution >= 4 is 5.82 Å². The minimum absolute atomic E-state index is 0.293. The minimum Gasteiger partial charge on any atom is -0.371 e. The Kier molecular flexibility index (Phi) is 9.62. The highest BCUT2D eigenvalue weighted by Gasteiger charge is 1.94. The van der Waals surface area contributed by atoms with Crippen molar-refractivity contribution in [2.75, 3.05) is 11.9 Å². The summed E-state index contributed by atoms with van der Waals surface area (Å²) in [6, 6.07) is 1.79. The van der Waals surface area contributed by atoms with Crippen LogP contribution in [0.3, 0.4) is 0 Å². The van der Waals surface area contributed by atoms with Crippen molar-refractivity contribution in [1.29, 1.82) is 0 Å². The maximum atomic E-state index is 11.0. The molecule has 0 aliphatic carbocycles. The molecule has 1 aromatic heterocycles. The molecule has 1 heterocycles. The second-order valence-corrected chi connectivity index (χ2v) is 5.40. The Morgan fingerprint density at radius 3 is 2.20 bits per heavy atom. The van der Waals surface area contributed by atoms with Gasteiger partial charge in [0.25, 0.3) is 0 Å². The van der Waals surface area contributed by atoms with Crippen LogP contribution < -0.4 is 11.0 Å². The summed E-state index contributed by atoms with van der Waals surface area (Å²) in [5.74, 6) is 0.765. The molecule has 0 fully saturated rings. The predicted molar refractivity (Wildman–Crippen MR) is 85.2 cm³/mol. The number of aromatic nitrogens is 2. The fraction of sp³-hybridized carbons (Fsp3) is 0.750. The van der Waals surface area contributed by atoms with Gasteiger partial charge in [-0.25, -0.2) is 9.78 Å². The molecule has 0 aliphatic heterocycles. The van der Waals surface area contributed by atoms with Crippen LogP contribution >= 0.6 is 0 Å². The molecule has 4 heteroatoms. The summed E-state index contributed by atoms with van der Waals surface area (Å²) in [7, 11) is 0. The summed E-state index contributed by atoms with van der Waals surface area (Å²) in [5.41, 5.74) is -0.293. The van der Waals surface area contributed by atoms with E-state index in [4.69, 9.17) is 0 Å². The van der Waals surface area contributed by atoms with Gasteiger partial charge in [-0.05, 0) is 12.5 Å². The van der Waals surface area contributed by atoms with Crippen molar-refractivity contribution in [1.82, 2.24) is 9.97 Å². The molecule has 0 aliphatic rings. The number of nitrogens with zero attached hydrogens (tertiary/aromatic N) is 1. The van der Waals surface area contributed by atoms with E-state index < -0.39 is 0 Å². The summed E-state index contributed by atoms with van der Waals surface area (Å²) in [4.78, 5) is 17.2. The Balaban J connectivity index is 1.86. The minimum atomic E-state index is -0.293. The number of anilines is 1. The van der Waals surface area contributed by atoms with Crippen molar-refractivity contribution in [3.05, 3.63) is 22.7 Å². The quantitative estimate of drug-likeness (QED) is 0.566. The van der Waals surface area contributed by atoms with Gasteiger partial charge in [0, 0.05) is 12.7 Å². The predicted octanol–water partition coefficient (Wildman–Crippen LogP) is 4.10. The van der Waals surface area contributed by atoms with Crippen molar-refractivity contribution in [3.8, 4) is 0 Å². The zero-order chi connectivity index (χ0) is 14.5. The third kappa shape index (κ3) is 8.73. The Morgan fingerprint density at radius 2 is 1.60 bits per heavy atom. The van der Waals surface area contributed by atoms with E-state index in [9.17, 15) is 4.79 Å². The van der Waals surface area contributed by atoms with E-state index in [0.29, 0.717) is 0 Å². The molecule has 0 atom stereocenters. The molecular weight excluding hydrogens is 250 g/mol. The van der Waals surface area contributed by atoms with Crippen molar-refractivity contribution in [2.45, 2.75) is 71.1 Å². The summed E-state index contributed by atoms with van der Waals surface area (Å²) in [6.07, 6.45) is 14.9. The van der Waals surface area contributed by atoms with Gasteiger partial charge in [0.05, 0.1) is 0 Å². The lowest BCUT2D eigenvalue weighted by atomic mass is 10.1. The van der Waals surface area contributed by atoms with Crippen LogP contribution in [0.5, 0.6) is 0 Å². The largest absolute Gasteiger partial charge is 0.371 e. The van der Waals surface area contributed by atoms with E-state index in [1.165, 1.54) is 64.0 Å². The number of H-pyrrole nitrogens is 1. The molecule has 0 saturated carbocycles. The lowest BCUT2D eigenvalue weighted by Crippen LogP contribution is -2.13. The highest BCUT2D eigenvalue weighted by Crippen LogP contribution is 2.10. The maximum Gasteiger partial charge on any atom is 0.346 e. The summed E-state index contributed by atoms with van der Waals surface area (Å²) in [6.45, 7) is 3.17. The Morgan fingerprint density at radius 1 is 1.00 bits per heavy atom. The van der Waals surface area contributed by atoms with Crippen LogP contribution in [-0.4, -0.2) is 16.5 Å². The Bertz CT molecular complexity index is 389. The van der Waals surface area contributed by atoms with Crippen LogP contribution in [0.2, 0.25) is 0 Å². The second kappa shape index (κ2) is 11.5. The van der Waals surface area contributed by atoms with Gasteiger partial charge in [0.15, 0.2) is 0 Å². The van der Waals surface area contributed by atoms with Crippen LogP contribution in [-0.2, 0) is 0 Å². The fourth-order valence-electron chi connectivity index (χ4n) is 2.31. The first kappa shape index (κ1) is 16.7. The van der Waals surface area contributed by atoms with Crippen LogP contribution in [0.4, 0.5) is 5.82 Å². The van der Waals surface area contributed by atoms with Gasteiger partial charge >= 0.3 is 5.69 Å². The Hall–Kier alpha value is -1.32. The maximum absolute atomic E-state index is 11.0. The Labute approximate surface area is 122 Å². The van der Waals surface area contributed by atoms with Crippen LogP contribution in [0.25, 0.3) is 0 Å². The first-order valence-electron chi connectivity index (χ1n) is 8.12. The molecule has 2 N–H and O–H groups in total. The number of rotatable bonds is 12. The summed E-state index contributed by atoms with van der Waals surface area (Å²) in [5, 5.41) is 3.22. The topological polar surface area (TPSA) is 57.8 Å². The van der Waals surface area contributed by atoms with Gasteiger partial charge in [-0.1, -0.05) is 64.7 Å². The van der Waals surface area contributed by atoms with Crippen LogP contribution in [0.15, 0.2) is 17.1 Å². The molecule has 0 unspecified atom stereocenters. The van der Waals surface area contributed by atoms with E-state index in [-0.39, 0.29) is 5.69 Å². The normalized spacial score (nSPS) is 10.7. The molecule has 114 valence electrons. The second-order valence-electron chi connectivity index (χ2n) is 5.40.